The van der Waals surface area contributed by atoms with Crippen molar-refractivity contribution in [1.29, 1.82) is 0 Å². The Hall–Kier alpha value is -2.41. The summed E-state index contributed by atoms with van der Waals surface area (Å²) in [6.07, 6.45) is 4.19. The van der Waals surface area contributed by atoms with Gasteiger partial charge in [0.15, 0.2) is 12.4 Å². The van der Waals surface area contributed by atoms with Crippen molar-refractivity contribution >= 4 is 5.91 Å². The second-order valence-corrected chi connectivity index (χ2v) is 8.32. The average molecular weight is 398 g/mol. The van der Waals surface area contributed by atoms with Crippen LogP contribution in [0.2, 0.25) is 0 Å². The van der Waals surface area contributed by atoms with Gasteiger partial charge in [0.05, 0.1) is 6.54 Å². The molecule has 2 aromatic rings. The van der Waals surface area contributed by atoms with Crippen LogP contribution in [0.25, 0.3) is 0 Å². The van der Waals surface area contributed by atoms with E-state index in [2.05, 4.69) is 35.3 Å². The van der Waals surface area contributed by atoms with Gasteiger partial charge in [0.25, 0.3) is 5.91 Å². The lowest BCUT2D eigenvalue weighted by Crippen LogP contribution is -2.37. The molecule has 1 N–H and O–H groups in total. The molecule has 4 rings (SSSR count). The Morgan fingerprint density at radius 1 is 1.28 bits per heavy atom. The molecule has 156 valence electrons. The van der Waals surface area contributed by atoms with Gasteiger partial charge in [-0.25, -0.2) is 9.67 Å². The molecule has 0 saturated carbocycles. The minimum atomic E-state index is 0.0808. The van der Waals surface area contributed by atoms with Gasteiger partial charge in [0.2, 0.25) is 0 Å². The number of amides is 1. The van der Waals surface area contributed by atoms with Crippen molar-refractivity contribution in [2.45, 2.75) is 64.6 Å². The number of para-hydroxylation sites is 1. The summed E-state index contributed by atoms with van der Waals surface area (Å²) in [6, 6.07) is 8.32. The molecule has 0 radical (unpaired) electrons. The highest BCUT2D eigenvalue weighted by molar-refractivity contribution is 5.78. The second kappa shape index (κ2) is 8.95. The number of aromatic nitrogens is 3. The molecule has 1 saturated heterocycles. The number of nitrogens with zero attached hydrogens (tertiary/aromatic N) is 4. The van der Waals surface area contributed by atoms with E-state index in [0.717, 1.165) is 68.3 Å². The van der Waals surface area contributed by atoms with Crippen molar-refractivity contribution in [1.82, 2.24) is 25.0 Å². The number of hydrogen-bond acceptors (Lipinski definition) is 5. The molecule has 1 atom stereocenters. The number of benzene rings is 1. The molecule has 0 aliphatic carbocycles. The number of fused-ring (bicyclic) bond motifs is 1. The summed E-state index contributed by atoms with van der Waals surface area (Å²) >= 11 is 0. The van der Waals surface area contributed by atoms with Crippen molar-refractivity contribution in [3.63, 3.8) is 0 Å². The SMILES string of the molecule is CC(C)c1nc2n(n1)CC(NCc1ccccc1OCC(=O)N1CCCC1)CC2. The largest absolute Gasteiger partial charge is 0.483 e. The normalized spacial score (nSPS) is 18.9. The third-order valence-corrected chi connectivity index (χ3v) is 5.75. The average Bonchev–Trinajstić information content (AvgIpc) is 3.40. The van der Waals surface area contributed by atoms with Crippen molar-refractivity contribution in [3.8, 4) is 5.75 Å². The van der Waals surface area contributed by atoms with Gasteiger partial charge in [-0.3, -0.25) is 4.79 Å². The zero-order valence-electron chi connectivity index (χ0n) is 17.4. The first-order valence-corrected chi connectivity index (χ1v) is 10.8. The van der Waals surface area contributed by atoms with Crippen molar-refractivity contribution in [2.75, 3.05) is 19.7 Å². The summed E-state index contributed by atoms with van der Waals surface area (Å²) in [4.78, 5) is 18.8. The van der Waals surface area contributed by atoms with Crippen LogP contribution in [0.1, 0.15) is 56.2 Å². The van der Waals surface area contributed by atoms with Gasteiger partial charge in [-0.05, 0) is 25.3 Å². The fourth-order valence-corrected chi connectivity index (χ4v) is 3.98. The number of nitrogens with one attached hydrogen (secondary N) is 1. The highest BCUT2D eigenvalue weighted by atomic mass is 16.5. The fraction of sp³-hybridized carbons (Fsp3) is 0.591. The molecule has 1 fully saturated rings. The van der Waals surface area contributed by atoms with Crippen LogP contribution in [0.5, 0.6) is 5.75 Å². The van der Waals surface area contributed by atoms with E-state index >= 15 is 0 Å². The van der Waals surface area contributed by atoms with E-state index in [4.69, 9.17) is 4.74 Å². The minimum Gasteiger partial charge on any atom is -0.483 e. The first-order valence-electron chi connectivity index (χ1n) is 10.8. The Bertz CT molecular complexity index is 841. The van der Waals surface area contributed by atoms with E-state index in [0.29, 0.717) is 18.5 Å². The first-order chi connectivity index (χ1) is 14.1. The zero-order valence-corrected chi connectivity index (χ0v) is 17.4. The Morgan fingerprint density at radius 3 is 2.86 bits per heavy atom. The van der Waals surface area contributed by atoms with Crippen LogP contribution in [0.4, 0.5) is 0 Å². The predicted molar refractivity (Wildman–Crippen MR) is 111 cm³/mol. The van der Waals surface area contributed by atoms with Gasteiger partial charge in [0.1, 0.15) is 11.6 Å². The maximum Gasteiger partial charge on any atom is 0.260 e. The monoisotopic (exact) mass is 397 g/mol. The number of carbonyl (C=O) groups excluding carboxylic acids is 1. The molecule has 7 nitrogen and oxygen atoms in total. The van der Waals surface area contributed by atoms with Gasteiger partial charge >= 0.3 is 0 Å². The summed E-state index contributed by atoms with van der Waals surface area (Å²) in [7, 11) is 0. The van der Waals surface area contributed by atoms with E-state index in [9.17, 15) is 4.79 Å². The van der Waals surface area contributed by atoms with Gasteiger partial charge in [-0.15, -0.1) is 0 Å². The lowest BCUT2D eigenvalue weighted by Gasteiger charge is -2.24. The van der Waals surface area contributed by atoms with E-state index in [1.54, 1.807) is 0 Å². The molecular weight excluding hydrogens is 366 g/mol. The zero-order chi connectivity index (χ0) is 20.2. The molecule has 2 aliphatic heterocycles. The van der Waals surface area contributed by atoms with Gasteiger partial charge < -0.3 is 15.0 Å². The molecule has 1 aromatic carbocycles. The highest BCUT2D eigenvalue weighted by Gasteiger charge is 2.23. The fourth-order valence-electron chi connectivity index (χ4n) is 3.98. The van der Waals surface area contributed by atoms with Crippen molar-refractivity contribution < 1.29 is 9.53 Å². The number of hydrogen-bond donors (Lipinski definition) is 1. The van der Waals surface area contributed by atoms with Crippen LogP contribution in [0, 0.1) is 0 Å². The number of ether oxygens (including phenoxy) is 1. The lowest BCUT2D eigenvalue weighted by atomic mass is 10.1. The molecular formula is C22H31N5O2. The third-order valence-electron chi connectivity index (χ3n) is 5.75. The topological polar surface area (TPSA) is 72.3 Å². The smallest absolute Gasteiger partial charge is 0.260 e. The molecule has 1 unspecified atom stereocenters. The lowest BCUT2D eigenvalue weighted by molar-refractivity contribution is -0.132. The highest BCUT2D eigenvalue weighted by Crippen LogP contribution is 2.21. The summed E-state index contributed by atoms with van der Waals surface area (Å²) < 4.78 is 7.93. The third kappa shape index (κ3) is 4.78. The number of aryl methyl sites for hydroxylation is 1. The Labute approximate surface area is 172 Å². The summed E-state index contributed by atoms with van der Waals surface area (Å²) in [6.45, 7) is 7.63. The van der Waals surface area contributed by atoms with Crippen LogP contribution in [0.3, 0.4) is 0 Å². The van der Waals surface area contributed by atoms with Crippen LogP contribution in [-0.4, -0.2) is 51.3 Å². The maximum atomic E-state index is 12.3. The first kappa shape index (κ1) is 19.9. The number of carbonyl (C=O) groups is 1. The molecule has 0 bridgehead atoms. The van der Waals surface area contributed by atoms with Crippen LogP contribution >= 0.6 is 0 Å². The molecule has 29 heavy (non-hydrogen) atoms. The van der Waals surface area contributed by atoms with Gasteiger partial charge in [0, 0.05) is 43.6 Å². The number of rotatable bonds is 7. The van der Waals surface area contributed by atoms with Crippen LogP contribution < -0.4 is 10.1 Å². The quantitative estimate of drug-likeness (QED) is 0.777. The van der Waals surface area contributed by atoms with E-state index < -0.39 is 0 Å². The molecule has 1 aromatic heterocycles. The molecule has 7 heteroatoms. The van der Waals surface area contributed by atoms with Gasteiger partial charge in [-0.1, -0.05) is 32.0 Å². The molecule has 2 aliphatic rings. The summed E-state index contributed by atoms with van der Waals surface area (Å²) in [5, 5.41) is 8.29. The van der Waals surface area contributed by atoms with Gasteiger partial charge in [-0.2, -0.15) is 5.10 Å². The number of likely N-dealkylation sites (tertiary alicyclic amines) is 1. The van der Waals surface area contributed by atoms with Crippen molar-refractivity contribution in [2.24, 2.45) is 0 Å². The van der Waals surface area contributed by atoms with Crippen molar-refractivity contribution in [3.05, 3.63) is 41.5 Å². The second-order valence-electron chi connectivity index (χ2n) is 8.32. The summed E-state index contributed by atoms with van der Waals surface area (Å²) in [5.74, 6) is 3.24. The van der Waals surface area contributed by atoms with E-state index in [-0.39, 0.29) is 12.5 Å². The van der Waals surface area contributed by atoms with E-state index in [1.807, 2.05) is 27.8 Å². The maximum absolute atomic E-state index is 12.3. The molecule has 3 heterocycles. The van der Waals surface area contributed by atoms with Crippen LogP contribution in [-0.2, 0) is 24.3 Å². The Morgan fingerprint density at radius 2 is 2.07 bits per heavy atom. The Kier molecular flexibility index (Phi) is 6.13. The summed E-state index contributed by atoms with van der Waals surface area (Å²) in [5.41, 5.74) is 1.08. The minimum absolute atomic E-state index is 0.0808. The molecule has 0 spiro atoms. The van der Waals surface area contributed by atoms with E-state index in [1.165, 1.54) is 0 Å². The predicted octanol–water partition coefficient (Wildman–Crippen LogP) is 2.51. The standard InChI is InChI=1S/C22H31N5O2/c1-16(2)22-24-20-10-9-18(14-27(20)25-22)23-13-17-7-3-4-8-19(17)29-15-21(28)26-11-5-6-12-26/h3-4,7-8,16,18,23H,5-6,9-15H2,1-2H3. The Balaban J connectivity index is 1.32. The molecule has 1 amide bonds. The van der Waals surface area contributed by atoms with Crippen LogP contribution in [0.15, 0.2) is 24.3 Å².